The summed E-state index contributed by atoms with van der Waals surface area (Å²) in [5.41, 5.74) is 4.60. The molecule has 80 valence electrons. The van der Waals surface area contributed by atoms with E-state index in [1.165, 1.54) is 24.8 Å². The van der Waals surface area contributed by atoms with Crippen molar-refractivity contribution in [2.45, 2.75) is 25.2 Å². The lowest BCUT2D eigenvalue weighted by Gasteiger charge is -2.11. The SMILES string of the molecule is c1ccc(CC2CCc3ccccc32)cc1. The maximum atomic E-state index is 2.30. The number of benzene rings is 2. The van der Waals surface area contributed by atoms with E-state index in [4.69, 9.17) is 0 Å². The van der Waals surface area contributed by atoms with Gasteiger partial charge in [0.1, 0.15) is 0 Å². The second kappa shape index (κ2) is 4.13. The molecule has 0 heterocycles. The van der Waals surface area contributed by atoms with Crippen LogP contribution >= 0.6 is 0 Å². The Hall–Kier alpha value is -1.56. The smallest absolute Gasteiger partial charge is 0.0116 e. The van der Waals surface area contributed by atoms with Gasteiger partial charge in [-0.1, -0.05) is 54.6 Å². The number of aryl methyl sites for hydroxylation is 1. The summed E-state index contributed by atoms with van der Waals surface area (Å²) >= 11 is 0. The van der Waals surface area contributed by atoms with Crippen molar-refractivity contribution in [1.82, 2.24) is 0 Å². The van der Waals surface area contributed by atoms with E-state index in [-0.39, 0.29) is 0 Å². The second-order valence-corrected chi connectivity index (χ2v) is 4.62. The number of fused-ring (bicyclic) bond motifs is 1. The topological polar surface area (TPSA) is 0 Å². The van der Waals surface area contributed by atoms with Crippen molar-refractivity contribution in [3.63, 3.8) is 0 Å². The second-order valence-electron chi connectivity index (χ2n) is 4.62. The van der Waals surface area contributed by atoms with Gasteiger partial charge in [-0.25, -0.2) is 0 Å². The van der Waals surface area contributed by atoms with Gasteiger partial charge in [0, 0.05) is 0 Å². The Kier molecular flexibility index (Phi) is 2.49. The molecule has 1 aliphatic rings. The average Bonchev–Trinajstić information content (AvgIpc) is 2.74. The van der Waals surface area contributed by atoms with E-state index in [1.807, 2.05) is 0 Å². The highest BCUT2D eigenvalue weighted by molar-refractivity contribution is 5.36. The molecular formula is C16H16. The quantitative estimate of drug-likeness (QED) is 0.700. The van der Waals surface area contributed by atoms with E-state index in [0.717, 1.165) is 5.92 Å². The highest BCUT2D eigenvalue weighted by atomic mass is 14.3. The molecule has 0 bridgehead atoms. The molecule has 0 nitrogen and oxygen atoms in total. The summed E-state index contributed by atoms with van der Waals surface area (Å²) in [7, 11) is 0. The minimum absolute atomic E-state index is 0.735. The third-order valence-electron chi connectivity index (χ3n) is 3.58. The monoisotopic (exact) mass is 208 g/mol. The fourth-order valence-corrected chi connectivity index (χ4v) is 2.76. The van der Waals surface area contributed by atoms with Crippen molar-refractivity contribution in [2.75, 3.05) is 0 Å². The van der Waals surface area contributed by atoms with Gasteiger partial charge in [0.05, 0.1) is 0 Å². The summed E-state index contributed by atoms with van der Waals surface area (Å²) in [6, 6.07) is 19.7. The van der Waals surface area contributed by atoms with Crippen molar-refractivity contribution >= 4 is 0 Å². The third kappa shape index (κ3) is 1.76. The zero-order valence-electron chi connectivity index (χ0n) is 9.39. The lowest BCUT2D eigenvalue weighted by Crippen LogP contribution is -1.98. The highest BCUT2D eigenvalue weighted by Crippen LogP contribution is 2.35. The molecule has 0 radical (unpaired) electrons. The first kappa shape index (κ1) is 9.65. The molecule has 0 fully saturated rings. The van der Waals surface area contributed by atoms with Gasteiger partial charge in [-0.3, -0.25) is 0 Å². The zero-order valence-corrected chi connectivity index (χ0v) is 9.39. The Morgan fingerprint density at radius 2 is 1.62 bits per heavy atom. The van der Waals surface area contributed by atoms with Crippen LogP contribution < -0.4 is 0 Å². The minimum atomic E-state index is 0.735. The molecule has 0 amide bonds. The number of rotatable bonds is 2. The summed E-state index contributed by atoms with van der Waals surface area (Å²) in [5.74, 6) is 0.735. The van der Waals surface area contributed by atoms with Crippen LogP contribution in [0.25, 0.3) is 0 Å². The molecule has 1 aliphatic carbocycles. The molecule has 2 aromatic carbocycles. The standard InChI is InChI=1S/C16H16/c1-2-6-13(7-3-1)12-15-11-10-14-8-4-5-9-16(14)15/h1-9,15H,10-12H2. The van der Waals surface area contributed by atoms with E-state index < -0.39 is 0 Å². The fraction of sp³-hybridized carbons (Fsp3) is 0.250. The van der Waals surface area contributed by atoms with E-state index in [1.54, 1.807) is 11.1 Å². The van der Waals surface area contributed by atoms with Gasteiger partial charge >= 0.3 is 0 Å². The van der Waals surface area contributed by atoms with Crippen LogP contribution in [0.4, 0.5) is 0 Å². The average molecular weight is 208 g/mol. The Balaban J connectivity index is 1.84. The van der Waals surface area contributed by atoms with Crippen molar-refractivity contribution < 1.29 is 0 Å². The molecule has 3 rings (SSSR count). The largest absolute Gasteiger partial charge is 0.0622 e. The molecule has 1 unspecified atom stereocenters. The molecule has 16 heavy (non-hydrogen) atoms. The number of hydrogen-bond donors (Lipinski definition) is 0. The zero-order chi connectivity index (χ0) is 10.8. The van der Waals surface area contributed by atoms with E-state index in [0.29, 0.717) is 0 Å². The predicted molar refractivity (Wildman–Crippen MR) is 67.7 cm³/mol. The van der Waals surface area contributed by atoms with E-state index >= 15 is 0 Å². The molecular weight excluding hydrogens is 192 g/mol. The van der Waals surface area contributed by atoms with Gasteiger partial charge in [0.15, 0.2) is 0 Å². The molecule has 0 saturated heterocycles. The van der Waals surface area contributed by atoms with Gasteiger partial charge in [-0.2, -0.15) is 0 Å². The van der Waals surface area contributed by atoms with Gasteiger partial charge in [-0.15, -0.1) is 0 Å². The van der Waals surface area contributed by atoms with Crippen molar-refractivity contribution in [1.29, 1.82) is 0 Å². The Morgan fingerprint density at radius 3 is 2.50 bits per heavy atom. The van der Waals surface area contributed by atoms with Crippen LogP contribution in [0.15, 0.2) is 54.6 Å². The summed E-state index contributed by atoms with van der Waals surface area (Å²) in [6.45, 7) is 0. The van der Waals surface area contributed by atoms with Gasteiger partial charge in [-0.05, 0) is 41.9 Å². The minimum Gasteiger partial charge on any atom is -0.0622 e. The molecule has 0 aliphatic heterocycles. The van der Waals surface area contributed by atoms with Crippen LogP contribution in [0.5, 0.6) is 0 Å². The molecule has 0 saturated carbocycles. The molecule has 0 N–H and O–H groups in total. The highest BCUT2D eigenvalue weighted by Gasteiger charge is 2.21. The Labute approximate surface area is 96.9 Å². The first-order valence-electron chi connectivity index (χ1n) is 6.05. The first-order valence-corrected chi connectivity index (χ1v) is 6.05. The first-order chi connectivity index (χ1) is 7.93. The lowest BCUT2D eigenvalue weighted by molar-refractivity contribution is 0.674. The van der Waals surface area contributed by atoms with Crippen molar-refractivity contribution in [3.8, 4) is 0 Å². The summed E-state index contributed by atoms with van der Waals surface area (Å²) < 4.78 is 0. The van der Waals surface area contributed by atoms with Gasteiger partial charge < -0.3 is 0 Å². The molecule has 1 atom stereocenters. The van der Waals surface area contributed by atoms with Crippen LogP contribution in [-0.2, 0) is 12.8 Å². The van der Waals surface area contributed by atoms with Crippen LogP contribution in [-0.4, -0.2) is 0 Å². The lowest BCUT2D eigenvalue weighted by atomic mass is 9.94. The molecule has 0 heteroatoms. The molecule has 0 spiro atoms. The van der Waals surface area contributed by atoms with Crippen molar-refractivity contribution in [2.24, 2.45) is 0 Å². The maximum absolute atomic E-state index is 2.30. The molecule has 0 aromatic heterocycles. The summed E-state index contributed by atoms with van der Waals surface area (Å²) in [5, 5.41) is 0. The van der Waals surface area contributed by atoms with Gasteiger partial charge in [0.2, 0.25) is 0 Å². The van der Waals surface area contributed by atoms with Crippen molar-refractivity contribution in [3.05, 3.63) is 71.3 Å². The molecule has 2 aromatic rings. The van der Waals surface area contributed by atoms with Crippen LogP contribution in [0.2, 0.25) is 0 Å². The van der Waals surface area contributed by atoms with E-state index in [2.05, 4.69) is 54.6 Å². The Bertz CT molecular complexity index is 470. The summed E-state index contributed by atoms with van der Waals surface area (Å²) in [4.78, 5) is 0. The normalized spacial score (nSPS) is 18.4. The number of hydrogen-bond acceptors (Lipinski definition) is 0. The van der Waals surface area contributed by atoms with Crippen LogP contribution in [0.1, 0.15) is 29.0 Å². The third-order valence-corrected chi connectivity index (χ3v) is 3.58. The van der Waals surface area contributed by atoms with Gasteiger partial charge in [0.25, 0.3) is 0 Å². The van der Waals surface area contributed by atoms with E-state index in [9.17, 15) is 0 Å². The predicted octanol–water partition coefficient (Wildman–Crippen LogP) is 3.96. The van der Waals surface area contributed by atoms with Crippen LogP contribution in [0.3, 0.4) is 0 Å². The maximum Gasteiger partial charge on any atom is -0.0116 e. The van der Waals surface area contributed by atoms with Crippen LogP contribution in [0, 0.1) is 0 Å². The Morgan fingerprint density at radius 1 is 0.875 bits per heavy atom. The summed E-state index contributed by atoms with van der Waals surface area (Å²) in [6.07, 6.45) is 3.76. The fourth-order valence-electron chi connectivity index (χ4n) is 2.76.